The van der Waals surface area contributed by atoms with E-state index in [4.69, 9.17) is 16.9 Å². The Morgan fingerprint density at radius 2 is 1.79 bits per heavy atom. The molecule has 1 heterocycles. The zero-order valence-corrected chi connectivity index (χ0v) is 15.9. The molecule has 1 aromatic heterocycles. The maximum absolute atomic E-state index is 11.3. The summed E-state index contributed by atoms with van der Waals surface area (Å²) in [6.07, 6.45) is 4.52. The van der Waals surface area contributed by atoms with Gasteiger partial charge in [0.1, 0.15) is 18.0 Å². The number of aryl methyl sites for hydroxylation is 1. The second-order valence-electron chi connectivity index (χ2n) is 7.09. The molecule has 1 amide bonds. The van der Waals surface area contributed by atoms with Gasteiger partial charge >= 0.3 is 0 Å². The molecule has 3 aromatic rings. The molecule has 4 rings (SSSR count). The van der Waals surface area contributed by atoms with Gasteiger partial charge in [-0.25, -0.2) is 9.97 Å². The Balaban J connectivity index is 1.68. The Labute approximate surface area is 168 Å². The van der Waals surface area contributed by atoms with Crippen LogP contribution < -0.4 is 16.8 Å². The molecule has 7 heteroatoms. The van der Waals surface area contributed by atoms with Gasteiger partial charge in [0.15, 0.2) is 0 Å². The zero-order chi connectivity index (χ0) is 20.4. The van der Waals surface area contributed by atoms with Crippen molar-refractivity contribution in [1.29, 1.82) is 5.41 Å². The Morgan fingerprint density at radius 1 is 1.07 bits per heavy atom. The van der Waals surface area contributed by atoms with Crippen molar-refractivity contribution in [3.63, 3.8) is 0 Å². The normalized spacial score (nSPS) is 15.4. The van der Waals surface area contributed by atoms with Crippen molar-refractivity contribution >= 4 is 23.3 Å². The topological polar surface area (TPSA) is 131 Å². The minimum Gasteiger partial charge on any atom is -0.383 e. The minimum absolute atomic E-state index is 0.0954. The van der Waals surface area contributed by atoms with Crippen molar-refractivity contribution < 1.29 is 4.79 Å². The maximum Gasteiger partial charge on any atom is 0.248 e. The molecule has 2 aromatic carbocycles. The van der Waals surface area contributed by atoms with Gasteiger partial charge in [-0.05, 0) is 42.5 Å². The molecule has 0 bridgehead atoms. The Morgan fingerprint density at radius 3 is 2.55 bits per heavy atom. The lowest BCUT2D eigenvalue weighted by molar-refractivity contribution is 0.100. The van der Waals surface area contributed by atoms with Crippen LogP contribution in [-0.2, 0) is 6.42 Å². The molecule has 6 N–H and O–H groups in total. The van der Waals surface area contributed by atoms with Gasteiger partial charge in [-0.15, -0.1) is 0 Å². The number of nitrogens with two attached hydrogens (primary N) is 2. The highest BCUT2D eigenvalue weighted by molar-refractivity contribution is 6.16. The van der Waals surface area contributed by atoms with E-state index in [0.29, 0.717) is 22.5 Å². The smallest absolute Gasteiger partial charge is 0.248 e. The first-order valence-corrected chi connectivity index (χ1v) is 9.48. The summed E-state index contributed by atoms with van der Waals surface area (Å²) in [7, 11) is 0. The van der Waals surface area contributed by atoms with Gasteiger partial charge in [-0.1, -0.05) is 36.4 Å². The van der Waals surface area contributed by atoms with Crippen LogP contribution in [0.25, 0.3) is 0 Å². The van der Waals surface area contributed by atoms with Gasteiger partial charge in [0.25, 0.3) is 0 Å². The number of carbonyl (C=O) groups excluding carboxylic acids is 1. The number of nitrogens with zero attached hydrogens (tertiary/aromatic N) is 2. The fraction of sp³-hybridized carbons (Fsp3) is 0.182. The molecule has 7 nitrogen and oxygen atoms in total. The van der Waals surface area contributed by atoms with Crippen LogP contribution in [0.15, 0.2) is 54.9 Å². The third kappa shape index (κ3) is 3.67. The highest BCUT2D eigenvalue weighted by atomic mass is 16.1. The molecule has 146 valence electrons. The quantitative estimate of drug-likeness (QED) is 0.501. The fourth-order valence-corrected chi connectivity index (χ4v) is 3.77. The van der Waals surface area contributed by atoms with Gasteiger partial charge in [-0.3, -0.25) is 10.2 Å². The van der Waals surface area contributed by atoms with Gasteiger partial charge in [0.2, 0.25) is 5.91 Å². The van der Waals surface area contributed by atoms with Gasteiger partial charge in [-0.2, -0.15) is 0 Å². The summed E-state index contributed by atoms with van der Waals surface area (Å²) in [5, 5.41) is 12.2. The number of hydrogen-bond acceptors (Lipinski definition) is 6. The molecule has 0 fully saturated rings. The number of hydrogen-bond donors (Lipinski definition) is 4. The second-order valence-corrected chi connectivity index (χ2v) is 7.09. The predicted molar refractivity (Wildman–Crippen MR) is 113 cm³/mol. The first kappa shape index (κ1) is 18.6. The third-order valence-electron chi connectivity index (χ3n) is 5.27. The van der Waals surface area contributed by atoms with Crippen LogP contribution in [0.2, 0.25) is 0 Å². The van der Waals surface area contributed by atoms with E-state index in [1.165, 1.54) is 17.5 Å². The van der Waals surface area contributed by atoms with Gasteiger partial charge in [0.05, 0.1) is 17.3 Å². The summed E-state index contributed by atoms with van der Waals surface area (Å²) >= 11 is 0. The van der Waals surface area contributed by atoms with E-state index in [1.54, 1.807) is 24.3 Å². The summed E-state index contributed by atoms with van der Waals surface area (Å²) in [6.45, 7) is 0. The first-order chi connectivity index (χ1) is 14.0. The number of fused-ring (bicyclic) bond motifs is 1. The summed E-state index contributed by atoms with van der Waals surface area (Å²) in [6, 6.07) is 15.0. The van der Waals surface area contributed by atoms with E-state index in [1.807, 2.05) is 6.07 Å². The fourth-order valence-electron chi connectivity index (χ4n) is 3.77. The van der Waals surface area contributed by atoms with Crippen molar-refractivity contribution in [2.24, 2.45) is 5.73 Å². The molecule has 1 aliphatic rings. The Hall–Kier alpha value is -3.74. The molecule has 0 saturated carbocycles. The number of nitrogen functional groups attached to an aromatic ring is 1. The molecule has 1 aliphatic carbocycles. The molecule has 1 atom stereocenters. The number of primary amides is 1. The van der Waals surface area contributed by atoms with Gasteiger partial charge < -0.3 is 16.8 Å². The summed E-state index contributed by atoms with van der Waals surface area (Å²) in [5.74, 6) is 0.253. The first-order valence-electron chi connectivity index (χ1n) is 9.48. The molecular formula is C22H22N6O. The number of anilines is 2. The highest BCUT2D eigenvalue weighted by Crippen LogP contribution is 2.33. The molecular weight excluding hydrogens is 364 g/mol. The van der Waals surface area contributed by atoms with Crippen LogP contribution in [0.3, 0.4) is 0 Å². The Kier molecular flexibility index (Phi) is 4.95. The molecule has 1 unspecified atom stereocenters. The molecule has 0 spiro atoms. The minimum atomic E-state index is -0.510. The highest BCUT2D eigenvalue weighted by Gasteiger charge is 2.23. The Bertz CT molecular complexity index is 1080. The third-order valence-corrected chi connectivity index (χ3v) is 5.27. The van der Waals surface area contributed by atoms with Crippen LogP contribution in [-0.4, -0.2) is 21.6 Å². The number of benzene rings is 2. The number of nitrogens with one attached hydrogen (secondary N) is 2. The molecule has 0 saturated heterocycles. The van der Waals surface area contributed by atoms with E-state index in [2.05, 4.69) is 33.5 Å². The van der Waals surface area contributed by atoms with E-state index in [9.17, 15) is 4.79 Å². The van der Waals surface area contributed by atoms with Crippen molar-refractivity contribution in [3.05, 3.63) is 82.7 Å². The molecule has 29 heavy (non-hydrogen) atoms. The van der Waals surface area contributed by atoms with E-state index >= 15 is 0 Å². The summed E-state index contributed by atoms with van der Waals surface area (Å²) in [5.41, 5.74) is 15.6. The SMILES string of the molecule is N=C(c1ccc(C(N)=O)cc1)c1c(N)ncnc1NC1CCCc2ccccc21. The average Bonchev–Trinajstić information content (AvgIpc) is 2.74. The summed E-state index contributed by atoms with van der Waals surface area (Å²) < 4.78 is 0. The maximum atomic E-state index is 11.3. The van der Waals surface area contributed by atoms with Crippen molar-refractivity contribution in [1.82, 2.24) is 9.97 Å². The van der Waals surface area contributed by atoms with E-state index < -0.39 is 5.91 Å². The number of carbonyl (C=O) groups is 1. The van der Waals surface area contributed by atoms with Crippen LogP contribution >= 0.6 is 0 Å². The lowest BCUT2D eigenvalue weighted by Crippen LogP contribution is -2.21. The zero-order valence-electron chi connectivity index (χ0n) is 15.9. The van der Waals surface area contributed by atoms with Crippen molar-refractivity contribution in [2.75, 3.05) is 11.1 Å². The predicted octanol–water partition coefficient (Wildman–Crippen LogP) is 3.06. The van der Waals surface area contributed by atoms with Crippen molar-refractivity contribution in [2.45, 2.75) is 25.3 Å². The summed E-state index contributed by atoms with van der Waals surface area (Å²) in [4.78, 5) is 19.8. The van der Waals surface area contributed by atoms with Crippen LogP contribution in [0.1, 0.15) is 51.5 Å². The standard InChI is InChI=1S/C22H22N6O/c23-19(14-8-10-15(11-9-14)21(25)29)18-20(24)26-12-27-22(18)28-17-7-3-5-13-4-1-2-6-16(13)17/h1-2,4,6,8-12,17,23H,3,5,7H2,(H2,25,29)(H3,24,26,27,28). The number of rotatable bonds is 5. The largest absolute Gasteiger partial charge is 0.383 e. The van der Waals surface area contributed by atoms with Crippen LogP contribution in [0.5, 0.6) is 0 Å². The molecule has 0 radical (unpaired) electrons. The lowest BCUT2D eigenvalue weighted by Gasteiger charge is -2.27. The number of aromatic nitrogens is 2. The van der Waals surface area contributed by atoms with Crippen LogP contribution in [0, 0.1) is 5.41 Å². The van der Waals surface area contributed by atoms with Crippen molar-refractivity contribution in [3.8, 4) is 0 Å². The number of amides is 1. The average molecular weight is 386 g/mol. The van der Waals surface area contributed by atoms with Crippen LogP contribution in [0.4, 0.5) is 11.6 Å². The van der Waals surface area contributed by atoms with Gasteiger partial charge in [0, 0.05) is 11.1 Å². The monoisotopic (exact) mass is 386 g/mol. The molecule has 0 aliphatic heterocycles. The van der Waals surface area contributed by atoms with E-state index in [-0.39, 0.29) is 17.6 Å². The van der Waals surface area contributed by atoms with E-state index in [0.717, 1.165) is 19.3 Å². The lowest BCUT2D eigenvalue weighted by atomic mass is 9.87. The second kappa shape index (κ2) is 7.71.